The third-order valence-electron chi connectivity index (χ3n) is 4.91. The monoisotopic (exact) mass is 432 g/mol. The molecule has 1 fully saturated rings. The van der Waals surface area contributed by atoms with Crippen LogP contribution in [-0.4, -0.2) is 21.7 Å². The largest absolute Gasteiger partial charge is 0.353 e. The zero-order valence-electron chi connectivity index (χ0n) is 16.7. The lowest BCUT2D eigenvalue weighted by Gasteiger charge is -2.12. The normalized spacial score (nSPS) is 13.2. The molecule has 0 radical (unpaired) electrons. The molecule has 31 heavy (non-hydrogen) atoms. The maximum atomic E-state index is 12.7. The second kappa shape index (κ2) is 9.53. The smallest absolute Gasteiger partial charge is 0.257 e. The number of hydrogen-bond acceptors (Lipinski definition) is 5. The lowest BCUT2D eigenvalue weighted by atomic mass is 10.1. The van der Waals surface area contributed by atoms with Gasteiger partial charge in [-0.3, -0.25) is 19.6 Å². The van der Waals surface area contributed by atoms with Gasteiger partial charge >= 0.3 is 0 Å². The number of carbonyl (C=O) groups excluding carboxylic acids is 2. The highest BCUT2D eigenvalue weighted by atomic mass is 35.5. The number of nitrogens with zero attached hydrogens (tertiary/aromatic N) is 2. The summed E-state index contributed by atoms with van der Waals surface area (Å²) in [7, 11) is 0. The van der Waals surface area contributed by atoms with Crippen molar-refractivity contribution in [3.8, 4) is 0 Å². The number of aromatic nitrogens is 2. The maximum absolute atomic E-state index is 12.7. The van der Waals surface area contributed by atoms with Crippen LogP contribution in [0, 0.1) is 5.92 Å². The quantitative estimate of drug-likeness (QED) is 0.354. The van der Waals surface area contributed by atoms with E-state index in [-0.39, 0.29) is 11.7 Å². The number of hydrogen-bond donors (Lipinski definition) is 2. The average Bonchev–Trinajstić information content (AvgIpc) is 3.61. The van der Waals surface area contributed by atoms with Gasteiger partial charge in [-0.1, -0.05) is 17.7 Å². The third kappa shape index (κ3) is 5.77. The van der Waals surface area contributed by atoms with Gasteiger partial charge in [0.15, 0.2) is 0 Å². The summed E-state index contributed by atoms with van der Waals surface area (Å²) in [5.74, 6) is 0.243. The number of carbonyl (C=O) groups is 2. The van der Waals surface area contributed by atoms with Gasteiger partial charge in [0.05, 0.1) is 23.1 Å². The first kappa shape index (κ1) is 20.8. The van der Waals surface area contributed by atoms with Gasteiger partial charge in [-0.05, 0) is 73.7 Å². The van der Waals surface area contributed by atoms with Crippen LogP contribution in [0.25, 0.3) is 0 Å². The zero-order valence-corrected chi connectivity index (χ0v) is 17.5. The first-order chi connectivity index (χ1) is 15.1. The molecule has 0 atom stereocenters. The molecule has 1 saturated carbocycles. The van der Waals surface area contributed by atoms with Crippen LogP contribution < -0.4 is 10.6 Å². The molecule has 4 rings (SSSR count). The Hall–Kier alpha value is -3.51. The molecule has 1 aromatic carbocycles. The van der Waals surface area contributed by atoms with E-state index in [0.29, 0.717) is 27.7 Å². The van der Waals surface area contributed by atoms with E-state index in [2.05, 4.69) is 20.6 Å². The molecular formula is C24H21ClN4O2. The molecule has 0 spiro atoms. The van der Waals surface area contributed by atoms with Gasteiger partial charge in [-0.25, -0.2) is 0 Å². The van der Waals surface area contributed by atoms with Crippen molar-refractivity contribution < 1.29 is 9.59 Å². The maximum Gasteiger partial charge on any atom is 0.257 e. The van der Waals surface area contributed by atoms with Crippen molar-refractivity contribution in [3.05, 3.63) is 89.5 Å². The van der Waals surface area contributed by atoms with Crippen LogP contribution in [-0.2, 0) is 0 Å². The van der Waals surface area contributed by atoms with E-state index in [4.69, 9.17) is 11.6 Å². The lowest BCUT2D eigenvalue weighted by Crippen LogP contribution is -2.14. The number of anilines is 3. The van der Waals surface area contributed by atoms with Crippen LogP contribution in [0.5, 0.6) is 0 Å². The first-order valence-corrected chi connectivity index (χ1v) is 10.4. The van der Waals surface area contributed by atoms with Crippen LogP contribution in [0.4, 0.5) is 17.1 Å². The number of rotatable bonds is 8. The predicted octanol–water partition coefficient (Wildman–Crippen LogP) is 5.66. The minimum atomic E-state index is -0.332. The van der Waals surface area contributed by atoms with Crippen LogP contribution in [0.2, 0.25) is 5.02 Å². The standard InChI is InChI=1S/C24H21ClN4O2/c25-18-7-9-19(10-8-18)28-22-15-26-13-12-20(22)29-24(31)17-6-11-21(27-14-17)23(30)3-1-2-16-4-5-16/h1,3,6-16,28H,2,4-5H2,(H,26,29,31)/b3-1+. The summed E-state index contributed by atoms with van der Waals surface area (Å²) in [6.45, 7) is 0. The summed E-state index contributed by atoms with van der Waals surface area (Å²) >= 11 is 5.93. The number of pyridine rings is 2. The molecule has 6 nitrogen and oxygen atoms in total. The highest BCUT2D eigenvalue weighted by Crippen LogP contribution is 2.32. The van der Waals surface area contributed by atoms with Crippen molar-refractivity contribution >= 4 is 40.4 Å². The number of benzene rings is 1. The molecule has 0 unspecified atom stereocenters. The number of allylic oxidation sites excluding steroid dienone is 2. The first-order valence-electron chi connectivity index (χ1n) is 10.0. The predicted molar refractivity (Wildman–Crippen MR) is 122 cm³/mol. The molecular weight excluding hydrogens is 412 g/mol. The molecule has 0 saturated heterocycles. The van der Waals surface area contributed by atoms with Crippen molar-refractivity contribution in [3.63, 3.8) is 0 Å². The highest BCUT2D eigenvalue weighted by Gasteiger charge is 2.19. The van der Waals surface area contributed by atoms with Crippen LogP contribution in [0.1, 0.15) is 40.1 Å². The van der Waals surface area contributed by atoms with Gasteiger partial charge in [0.2, 0.25) is 5.78 Å². The van der Waals surface area contributed by atoms with E-state index in [1.54, 1.807) is 48.8 Å². The second-order valence-electron chi connectivity index (χ2n) is 7.39. The highest BCUT2D eigenvalue weighted by molar-refractivity contribution is 6.30. The van der Waals surface area contributed by atoms with Gasteiger partial charge in [-0.2, -0.15) is 0 Å². The zero-order chi connectivity index (χ0) is 21.6. The van der Waals surface area contributed by atoms with Crippen molar-refractivity contribution in [2.24, 2.45) is 5.92 Å². The SMILES string of the molecule is O=C(Nc1ccncc1Nc1ccc(Cl)cc1)c1ccc(C(=O)/C=C/CC2CC2)nc1. The Bertz CT molecular complexity index is 1110. The van der Waals surface area contributed by atoms with E-state index in [9.17, 15) is 9.59 Å². The fourth-order valence-corrected chi connectivity index (χ4v) is 3.09. The average molecular weight is 433 g/mol. The van der Waals surface area contributed by atoms with E-state index >= 15 is 0 Å². The van der Waals surface area contributed by atoms with E-state index in [1.807, 2.05) is 18.2 Å². The summed E-state index contributed by atoms with van der Waals surface area (Å²) in [5.41, 5.74) is 2.69. The Morgan fingerprint density at radius 2 is 1.84 bits per heavy atom. The third-order valence-corrected chi connectivity index (χ3v) is 5.16. The van der Waals surface area contributed by atoms with Crippen molar-refractivity contribution in [1.82, 2.24) is 9.97 Å². The minimum absolute atomic E-state index is 0.156. The molecule has 0 bridgehead atoms. The summed E-state index contributed by atoms with van der Waals surface area (Å²) in [6.07, 6.45) is 11.5. The summed E-state index contributed by atoms with van der Waals surface area (Å²) < 4.78 is 0. The van der Waals surface area contributed by atoms with Crippen LogP contribution in [0.15, 0.2) is 73.2 Å². The van der Waals surface area contributed by atoms with E-state index in [0.717, 1.165) is 18.0 Å². The Labute approximate surface area is 185 Å². The van der Waals surface area contributed by atoms with Crippen molar-refractivity contribution in [2.75, 3.05) is 10.6 Å². The Kier molecular flexibility index (Phi) is 6.38. The van der Waals surface area contributed by atoms with Gasteiger partial charge < -0.3 is 10.6 Å². The van der Waals surface area contributed by atoms with Gasteiger partial charge in [0.1, 0.15) is 5.69 Å². The van der Waals surface area contributed by atoms with Gasteiger partial charge in [0.25, 0.3) is 5.91 Å². The fraction of sp³-hybridized carbons (Fsp3) is 0.167. The fourth-order valence-electron chi connectivity index (χ4n) is 2.97. The minimum Gasteiger partial charge on any atom is -0.353 e. The van der Waals surface area contributed by atoms with Crippen molar-refractivity contribution in [2.45, 2.75) is 19.3 Å². The van der Waals surface area contributed by atoms with Gasteiger partial charge in [0, 0.05) is 23.1 Å². The molecule has 1 aliphatic rings. The Morgan fingerprint density at radius 1 is 1.03 bits per heavy atom. The molecule has 156 valence electrons. The molecule has 1 aliphatic carbocycles. The van der Waals surface area contributed by atoms with Gasteiger partial charge in [-0.15, -0.1) is 0 Å². The molecule has 2 N–H and O–H groups in total. The molecule has 2 aromatic heterocycles. The lowest BCUT2D eigenvalue weighted by molar-refractivity contribution is 0.101. The molecule has 3 aromatic rings. The molecule has 2 heterocycles. The van der Waals surface area contributed by atoms with E-state index < -0.39 is 0 Å². The number of ketones is 1. The summed E-state index contributed by atoms with van der Waals surface area (Å²) in [5, 5.41) is 6.70. The number of nitrogens with one attached hydrogen (secondary N) is 2. The van der Waals surface area contributed by atoms with Crippen molar-refractivity contribution in [1.29, 1.82) is 0 Å². The molecule has 1 amide bonds. The van der Waals surface area contributed by atoms with Crippen LogP contribution >= 0.6 is 11.6 Å². The molecule has 7 heteroatoms. The summed E-state index contributed by atoms with van der Waals surface area (Å²) in [6, 6.07) is 12.1. The Morgan fingerprint density at radius 3 is 2.55 bits per heavy atom. The van der Waals surface area contributed by atoms with Crippen LogP contribution in [0.3, 0.4) is 0 Å². The Balaban J connectivity index is 1.41. The topological polar surface area (TPSA) is 84.0 Å². The molecule has 0 aliphatic heterocycles. The van der Waals surface area contributed by atoms with E-state index in [1.165, 1.54) is 19.0 Å². The summed E-state index contributed by atoms with van der Waals surface area (Å²) in [4.78, 5) is 33.1. The second-order valence-corrected chi connectivity index (χ2v) is 7.82. The number of amides is 1. The number of halogens is 1.